The zero-order valence-corrected chi connectivity index (χ0v) is 16.9. The van der Waals surface area contributed by atoms with Gasteiger partial charge in [-0.2, -0.15) is 0 Å². The number of hydrogen-bond acceptors (Lipinski definition) is 4. The fourth-order valence-corrected chi connectivity index (χ4v) is 5.10. The quantitative estimate of drug-likeness (QED) is 0.837. The van der Waals surface area contributed by atoms with Gasteiger partial charge in [0.25, 0.3) is 5.91 Å². The molecule has 0 spiro atoms. The molecule has 1 fully saturated rings. The van der Waals surface area contributed by atoms with Gasteiger partial charge in [0.15, 0.2) is 0 Å². The number of nitrogens with zero attached hydrogens (tertiary/aromatic N) is 1. The Hall–Kier alpha value is -2.38. The summed E-state index contributed by atoms with van der Waals surface area (Å²) in [6.07, 6.45) is 3.50. The van der Waals surface area contributed by atoms with Crippen molar-refractivity contribution in [3.8, 4) is 5.75 Å². The Kier molecular flexibility index (Phi) is 4.89. The summed E-state index contributed by atoms with van der Waals surface area (Å²) in [7, 11) is -2.31. The molecule has 1 aliphatic heterocycles. The lowest BCUT2D eigenvalue weighted by atomic mass is 9.99. The van der Waals surface area contributed by atoms with E-state index in [1.54, 1.807) is 17.0 Å². The number of hydrogen-bond donors (Lipinski definition) is 1. The molecule has 7 heteroatoms. The number of aryl methyl sites for hydroxylation is 2. The number of methoxy groups -OCH3 is 1. The summed E-state index contributed by atoms with van der Waals surface area (Å²) in [5, 5.41) is 0. The summed E-state index contributed by atoms with van der Waals surface area (Å²) in [6.45, 7) is 2.65. The maximum Gasteiger partial charge on any atom is 0.258 e. The maximum absolute atomic E-state index is 13.2. The van der Waals surface area contributed by atoms with E-state index in [0.717, 1.165) is 42.5 Å². The molecule has 28 heavy (non-hydrogen) atoms. The average molecular weight is 401 g/mol. The van der Waals surface area contributed by atoms with Gasteiger partial charge in [0.1, 0.15) is 10.6 Å². The number of anilines is 1. The highest BCUT2D eigenvalue weighted by molar-refractivity contribution is 7.89. The second kappa shape index (κ2) is 7.22. The first kappa shape index (κ1) is 19.0. The molecule has 0 saturated heterocycles. The topological polar surface area (TPSA) is 75.7 Å². The molecule has 0 atom stereocenters. The molecule has 2 aliphatic rings. The minimum Gasteiger partial charge on any atom is -0.495 e. The van der Waals surface area contributed by atoms with Crippen molar-refractivity contribution in [2.45, 2.75) is 43.5 Å². The van der Waals surface area contributed by atoms with Crippen LogP contribution in [0.5, 0.6) is 5.75 Å². The molecular formula is C21H24N2O4S. The van der Waals surface area contributed by atoms with E-state index in [9.17, 15) is 13.2 Å². The van der Waals surface area contributed by atoms with E-state index < -0.39 is 10.0 Å². The van der Waals surface area contributed by atoms with Gasteiger partial charge in [0.2, 0.25) is 10.0 Å². The number of benzene rings is 2. The Morgan fingerprint density at radius 1 is 1.18 bits per heavy atom. The second-order valence-corrected chi connectivity index (χ2v) is 9.14. The minimum atomic E-state index is -3.74. The molecule has 148 valence electrons. The smallest absolute Gasteiger partial charge is 0.258 e. The summed E-state index contributed by atoms with van der Waals surface area (Å²) in [6, 6.07) is 10.7. The molecule has 0 unspecified atom stereocenters. The van der Waals surface area contributed by atoms with E-state index in [1.807, 2.05) is 19.1 Å². The maximum atomic E-state index is 13.2. The standard InChI is InChI=1S/C21H24N2O4S/c1-14-5-9-18-15(12-14)4-3-11-23(18)21(24)16-6-10-19(27-2)20(13-16)28(25,26)22-17-7-8-17/h5-6,9-10,12-13,17,22H,3-4,7-8,11H2,1-2H3. The Balaban J connectivity index is 1.70. The first-order chi connectivity index (χ1) is 13.4. The van der Waals surface area contributed by atoms with Crippen LogP contribution >= 0.6 is 0 Å². The molecule has 1 heterocycles. The first-order valence-corrected chi connectivity index (χ1v) is 11.0. The molecule has 2 aromatic carbocycles. The second-order valence-electron chi connectivity index (χ2n) is 7.45. The van der Waals surface area contributed by atoms with Gasteiger partial charge in [-0.15, -0.1) is 0 Å². The van der Waals surface area contributed by atoms with Crippen molar-refractivity contribution in [2.24, 2.45) is 0 Å². The zero-order chi connectivity index (χ0) is 19.9. The molecule has 1 aliphatic carbocycles. The summed E-state index contributed by atoms with van der Waals surface area (Å²) in [5.41, 5.74) is 3.55. The largest absolute Gasteiger partial charge is 0.495 e. The molecule has 4 rings (SSSR count). The fraction of sp³-hybridized carbons (Fsp3) is 0.381. The van der Waals surface area contributed by atoms with Crippen molar-refractivity contribution in [2.75, 3.05) is 18.6 Å². The number of carbonyl (C=O) groups is 1. The van der Waals surface area contributed by atoms with Crippen LogP contribution in [0.3, 0.4) is 0 Å². The number of nitrogens with one attached hydrogen (secondary N) is 1. The Labute approximate surface area is 165 Å². The SMILES string of the molecule is COc1ccc(C(=O)N2CCCc3cc(C)ccc32)cc1S(=O)(=O)NC1CC1. The van der Waals surface area contributed by atoms with Gasteiger partial charge in [0, 0.05) is 23.8 Å². The van der Waals surface area contributed by atoms with Crippen LogP contribution in [0.25, 0.3) is 0 Å². The van der Waals surface area contributed by atoms with Crippen molar-refractivity contribution in [3.05, 3.63) is 53.1 Å². The predicted octanol–water partition coefficient (Wildman–Crippen LogP) is 3.04. The van der Waals surface area contributed by atoms with E-state index in [1.165, 1.54) is 13.2 Å². The van der Waals surface area contributed by atoms with Crippen LogP contribution < -0.4 is 14.4 Å². The Morgan fingerprint density at radius 3 is 2.68 bits per heavy atom. The van der Waals surface area contributed by atoms with Crippen LogP contribution in [0.2, 0.25) is 0 Å². The normalized spacial score (nSPS) is 16.6. The van der Waals surface area contributed by atoms with Crippen LogP contribution in [-0.4, -0.2) is 34.0 Å². The predicted molar refractivity (Wildman–Crippen MR) is 108 cm³/mol. The lowest BCUT2D eigenvalue weighted by Gasteiger charge is -2.30. The molecule has 1 amide bonds. The molecule has 1 saturated carbocycles. The molecular weight excluding hydrogens is 376 g/mol. The van der Waals surface area contributed by atoms with Crippen molar-refractivity contribution >= 4 is 21.6 Å². The van der Waals surface area contributed by atoms with Crippen LogP contribution in [0.15, 0.2) is 41.3 Å². The highest BCUT2D eigenvalue weighted by Crippen LogP contribution is 2.32. The highest BCUT2D eigenvalue weighted by atomic mass is 32.2. The Bertz CT molecular complexity index is 1030. The average Bonchev–Trinajstić information content (AvgIpc) is 3.49. The fourth-order valence-electron chi connectivity index (χ4n) is 3.60. The van der Waals surface area contributed by atoms with Crippen molar-refractivity contribution < 1.29 is 17.9 Å². The molecule has 0 bridgehead atoms. The van der Waals surface area contributed by atoms with Gasteiger partial charge in [-0.3, -0.25) is 4.79 Å². The zero-order valence-electron chi connectivity index (χ0n) is 16.1. The molecule has 1 N–H and O–H groups in total. The summed E-state index contributed by atoms with van der Waals surface area (Å²) >= 11 is 0. The summed E-state index contributed by atoms with van der Waals surface area (Å²) in [5.74, 6) is 0.0368. The lowest BCUT2D eigenvalue weighted by Crippen LogP contribution is -2.35. The van der Waals surface area contributed by atoms with Gasteiger partial charge in [0.05, 0.1) is 7.11 Å². The van der Waals surface area contributed by atoms with E-state index in [-0.39, 0.29) is 22.6 Å². The number of amides is 1. The van der Waals surface area contributed by atoms with Crippen LogP contribution in [0.4, 0.5) is 5.69 Å². The van der Waals surface area contributed by atoms with E-state index in [4.69, 9.17) is 4.74 Å². The van der Waals surface area contributed by atoms with E-state index in [0.29, 0.717) is 12.1 Å². The Morgan fingerprint density at radius 2 is 1.96 bits per heavy atom. The number of ether oxygens (including phenoxy) is 1. The monoisotopic (exact) mass is 400 g/mol. The van der Waals surface area contributed by atoms with Crippen LogP contribution in [0.1, 0.15) is 40.7 Å². The van der Waals surface area contributed by atoms with E-state index in [2.05, 4.69) is 10.8 Å². The third kappa shape index (κ3) is 3.64. The number of sulfonamides is 1. The molecule has 0 aromatic heterocycles. The van der Waals surface area contributed by atoms with Gasteiger partial charge in [-0.05, 0) is 62.4 Å². The first-order valence-electron chi connectivity index (χ1n) is 9.51. The van der Waals surface area contributed by atoms with Gasteiger partial charge in [-0.1, -0.05) is 17.7 Å². The summed E-state index contributed by atoms with van der Waals surface area (Å²) < 4.78 is 33.4. The number of carbonyl (C=O) groups excluding carboxylic acids is 1. The summed E-state index contributed by atoms with van der Waals surface area (Å²) in [4.78, 5) is 15.0. The minimum absolute atomic E-state index is 0.00823. The van der Waals surface area contributed by atoms with Gasteiger partial charge < -0.3 is 9.64 Å². The number of rotatable bonds is 5. The van der Waals surface area contributed by atoms with Crippen molar-refractivity contribution in [1.82, 2.24) is 4.72 Å². The molecule has 0 radical (unpaired) electrons. The third-order valence-electron chi connectivity index (χ3n) is 5.20. The van der Waals surface area contributed by atoms with Crippen LogP contribution in [0, 0.1) is 6.92 Å². The van der Waals surface area contributed by atoms with Gasteiger partial charge in [-0.25, -0.2) is 13.1 Å². The molecule has 2 aromatic rings. The highest BCUT2D eigenvalue weighted by Gasteiger charge is 2.31. The van der Waals surface area contributed by atoms with Crippen molar-refractivity contribution in [1.29, 1.82) is 0 Å². The van der Waals surface area contributed by atoms with Gasteiger partial charge >= 0.3 is 0 Å². The molecule has 6 nitrogen and oxygen atoms in total. The van der Waals surface area contributed by atoms with Crippen molar-refractivity contribution in [3.63, 3.8) is 0 Å². The number of fused-ring (bicyclic) bond motifs is 1. The third-order valence-corrected chi connectivity index (χ3v) is 6.74. The van der Waals surface area contributed by atoms with E-state index >= 15 is 0 Å². The lowest BCUT2D eigenvalue weighted by molar-refractivity contribution is 0.0985. The van der Waals surface area contributed by atoms with Crippen LogP contribution in [-0.2, 0) is 16.4 Å².